The van der Waals surface area contributed by atoms with Crippen molar-refractivity contribution in [3.63, 3.8) is 0 Å². The fourth-order valence-corrected chi connectivity index (χ4v) is 4.42. The predicted octanol–water partition coefficient (Wildman–Crippen LogP) is 5.51. The molecule has 0 aliphatic carbocycles. The fourth-order valence-electron chi connectivity index (χ4n) is 1.98. The Morgan fingerprint density at radius 3 is 1.91 bits per heavy atom. The van der Waals surface area contributed by atoms with Gasteiger partial charge in [-0.15, -0.1) is 27.9 Å². The summed E-state index contributed by atoms with van der Waals surface area (Å²) in [5, 5.41) is 8.91. The Labute approximate surface area is 140 Å². The SMILES string of the molecule is CC(C)(C)c1cc(N)c(-c2sc(C(C)(C)C)cc2OC#N)s1. The average Bonchev–Trinajstić information content (AvgIpc) is 2.92. The van der Waals surface area contributed by atoms with Crippen LogP contribution in [0, 0.1) is 11.5 Å². The van der Waals surface area contributed by atoms with Crippen molar-refractivity contribution in [3.05, 3.63) is 21.9 Å². The van der Waals surface area contributed by atoms with E-state index in [2.05, 4.69) is 41.5 Å². The molecule has 0 fully saturated rings. The van der Waals surface area contributed by atoms with Crippen LogP contribution in [0.5, 0.6) is 5.75 Å². The van der Waals surface area contributed by atoms with Crippen molar-refractivity contribution in [2.24, 2.45) is 0 Å². The highest BCUT2D eigenvalue weighted by Crippen LogP contribution is 2.49. The smallest absolute Gasteiger partial charge is 0.292 e. The monoisotopic (exact) mass is 334 g/mol. The minimum absolute atomic E-state index is 0.00929. The van der Waals surface area contributed by atoms with Gasteiger partial charge in [0.15, 0.2) is 5.75 Å². The molecule has 0 bridgehead atoms. The molecule has 2 N–H and O–H groups in total. The number of nitrogens with two attached hydrogens (primary N) is 1. The van der Waals surface area contributed by atoms with Crippen LogP contribution in [0.4, 0.5) is 5.69 Å². The zero-order chi connectivity index (χ0) is 16.7. The average molecular weight is 335 g/mol. The summed E-state index contributed by atoms with van der Waals surface area (Å²) >= 11 is 3.33. The minimum atomic E-state index is 0.00929. The van der Waals surface area contributed by atoms with Crippen LogP contribution in [-0.4, -0.2) is 0 Å². The maximum absolute atomic E-state index is 8.91. The van der Waals surface area contributed by atoms with Gasteiger partial charge in [-0.3, -0.25) is 0 Å². The quantitative estimate of drug-likeness (QED) is 0.736. The molecule has 2 rings (SSSR count). The van der Waals surface area contributed by atoms with Gasteiger partial charge in [0.1, 0.15) is 0 Å². The Hall–Kier alpha value is -1.51. The van der Waals surface area contributed by atoms with E-state index < -0.39 is 0 Å². The van der Waals surface area contributed by atoms with E-state index in [1.165, 1.54) is 9.75 Å². The van der Waals surface area contributed by atoms with Gasteiger partial charge in [-0.05, 0) is 23.0 Å². The molecule has 5 heteroatoms. The summed E-state index contributed by atoms with van der Waals surface area (Å²) in [5.74, 6) is 0.603. The highest BCUT2D eigenvalue weighted by atomic mass is 32.1. The van der Waals surface area contributed by atoms with Crippen LogP contribution in [0.1, 0.15) is 51.3 Å². The van der Waals surface area contributed by atoms with Gasteiger partial charge in [-0.25, -0.2) is 0 Å². The maximum atomic E-state index is 8.91. The molecule has 0 amide bonds. The van der Waals surface area contributed by atoms with Crippen molar-refractivity contribution >= 4 is 28.4 Å². The fraction of sp³-hybridized carbons (Fsp3) is 0.471. The molecule has 3 nitrogen and oxygen atoms in total. The number of nitriles is 1. The van der Waals surface area contributed by atoms with Gasteiger partial charge in [0.05, 0.1) is 15.4 Å². The van der Waals surface area contributed by atoms with Gasteiger partial charge in [0.25, 0.3) is 6.26 Å². The highest BCUT2D eigenvalue weighted by Gasteiger charge is 2.25. The molecule has 22 heavy (non-hydrogen) atoms. The lowest BCUT2D eigenvalue weighted by molar-refractivity contribution is 0.508. The first-order chi connectivity index (χ1) is 10.0. The van der Waals surface area contributed by atoms with Crippen LogP contribution in [0.3, 0.4) is 0 Å². The largest absolute Gasteiger partial charge is 0.398 e. The first-order valence-electron chi connectivity index (χ1n) is 7.14. The molecule has 0 aromatic carbocycles. The summed E-state index contributed by atoms with van der Waals surface area (Å²) in [5.41, 5.74) is 7.04. The third-order valence-electron chi connectivity index (χ3n) is 3.30. The van der Waals surface area contributed by atoms with Gasteiger partial charge in [0, 0.05) is 9.75 Å². The number of anilines is 1. The van der Waals surface area contributed by atoms with E-state index in [-0.39, 0.29) is 10.8 Å². The van der Waals surface area contributed by atoms with Gasteiger partial charge >= 0.3 is 0 Å². The molecule has 0 atom stereocenters. The molecule has 0 aliphatic heterocycles. The van der Waals surface area contributed by atoms with E-state index in [9.17, 15) is 0 Å². The molecule has 0 unspecified atom stereocenters. The van der Waals surface area contributed by atoms with Crippen molar-refractivity contribution in [2.75, 3.05) is 5.73 Å². The number of thiophene rings is 2. The van der Waals surface area contributed by atoms with E-state index in [4.69, 9.17) is 15.7 Å². The second kappa shape index (κ2) is 5.60. The second-order valence-corrected chi connectivity index (χ2v) is 9.50. The maximum Gasteiger partial charge on any atom is 0.292 e. The van der Waals surface area contributed by atoms with Crippen molar-refractivity contribution < 1.29 is 4.74 Å². The van der Waals surface area contributed by atoms with E-state index in [1.807, 2.05) is 12.1 Å². The second-order valence-electron chi connectivity index (χ2n) is 7.39. The van der Waals surface area contributed by atoms with Crippen molar-refractivity contribution in [1.82, 2.24) is 0 Å². The van der Waals surface area contributed by atoms with Gasteiger partial charge in [0.2, 0.25) is 0 Å². The summed E-state index contributed by atoms with van der Waals surface area (Å²) in [7, 11) is 0. The number of nitrogens with zero attached hydrogens (tertiary/aromatic N) is 1. The lowest BCUT2D eigenvalue weighted by Crippen LogP contribution is -2.07. The van der Waals surface area contributed by atoms with E-state index in [1.54, 1.807) is 28.9 Å². The third kappa shape index (κ3) is 3.29. The number of nitrogen functional groups attached to an aromatic ring is 1. The molecule has 0 saturated heterocycles. The van der Waals surface area contributed by atoms with Crippen LogP contribution in [0.25, 0.3) is 9.75 Å². The van der Waals surface area contributed by atoms with Crippen LogP contribution in [0.2, 0.25) is 0 Å². The topological polar surface area (TPSA) is 59.0 Å². The molecule has 2 heterocycles. The summed E-state index contributed by atoms with van der Waals surface area (Å²) in [6, 6.07) is 3.99. The van der Waals surface area contributed by atoms with Crippen LogP contribution in [0.15, 0.2) is 12.1 Å². The normalized spacial score (nSPS) is 12.2. The molecular formula is C17H22N2OS2. The van der Waals surface area contributed by atoms with Crippen molar-refractivity contribution in [2.45, 2.75) is 52.4 Å². The van der Waals surface area contributed by atoms with Gasteiger partial charge in [-0.2, -0.15) is 0 Å². The zero-order valence-electron chi connectivity index (χ0n) is 13.9. The molecule has 0 spiro atoms. The Morgan fingerprint density at radius 1 is 0.955 bits per heavy atom. The first kappa shape index (κ1) is 16.9. The van der Waals surface area contributed by atoms with E-state index in [0.717, 1.165) is 15.4 Å². The van der Waals surface area contributed by atoms with Crippen LogP contribution >= 0.6 is 22.7 Å². The number of hydrogen-bond donors (Lipinski definition) is 1. The first-order valence-corrected chi connectivity index (χ1v) is 8.77. The molecular weight excluding hydrogens is 312 g/mol. The molecule has 0 saturated carbocycles. The number of hydrogen-bond acceptors (Lipinski definition) is 5. The Morgan fingerprint density at radius 2 is 1.45 bits per heavy atom. The van der Waals surface area contributed by atoms with Gasteiger partial charge < -0.3 is 10.5 Å². The Kier molecular flexibility index (Phi) is 4.29. The summed E-state index contributed by atoms with van der Waals surface area (Å²) in [6.07, 6.45) is 1.79. The number of rotatable bonds is 2. The molecule has 0 radical (unpaired) electrons. The molecule has 2 aromatic heterocycles. The van der Waals surface area contributed by atoms with Crippen LogP contribution < -0.4 is 10.5 Å². The highest BCUT2D eigenvalue weighted by molar-refractivity contribution is 7.23. The van der Waals surface area contributed by atoms with E-state index >= 15 is 0 Å². The van der Waals surface area contributed by atoms with Crippen LogP contribution in [-0.2, 0) is 10.8 Å². The minimum Gasteiger partial charge on any atom is -0.398 e. The number of ether oxygens (including phenoxy) is 1. The molecule has 0 aliphatic rings. The predicted molar refractivity (Wildman–Crippen MR) is 95.7 cm³/mol. The van der Waals surface area contributed by atoms with E-state index in [0.29, 0.717) is 5.75 Å². The third-order valence-corrected chi connectivity index (χ3v) is 6.58. The summed E-state index contributed by atoms with van der Waals surface area (Å²) in [4.78, 5) is 4.35. The standard InChI is InChI=1S/C17H22N2OS2/c1-16(2,3)12-7-10(19)14(21-12)15-11(20-9-18)8-13(22-15)17(4,5)6/h7-8H,19H2,1-6H3. The lowest BCUT2D eigenvalue weighted by atomic mass is 9.94. The molecule has 118 valence electrons. The van der Waals surface area contributed by atoms with Crippen molar-refractivity contribution in [1.29, 1.82) is 5.26 Å². The molecule has 2 aromatic rings. The summed E-state index contributed by atoms with van der Waals surface area (Å²) in [6.45, 7) is 13.0. The van der Waals surface area contributed by atoms with Crippen molar-refractivity contribution in [3.8, 4) is 21.8 Å². The zero-order valence-corrected chi connectivity index (χ0v) is 15.5. The Bertz CT molecular complexity index is 721. The van der Waals surface area contributed by atoms with Gasteiger partial charge in [-0.1, -0.05) is 41.5 Å². The Balaban J connectivity index is 2.59. The lowest BCUT2D eigenvalue weighted by Gasteiger charge is -2.15. The summed E-state index contributed by atoms with van der Waals surface area (Å²) < 4.78 is 5.18.